The van der Waals surface area contributed by atoms with E-state index in [2.05, 4.69) is 10.5 Å². The Labute approximate surface area is 167 Å². The van der Waals surface area contributed by atoms with Gasteiger partial charge in [-0.25, -0.2) is 5.43 Å². The van der Waals surface area contributed by atoms with Crippen LogP contribution in [0.15, 0.2) is 64.1 Å². The van der Waals surface area contributed by atoms with Crippen molar-refractivity contribution in [2.24, 2.45) is 5.10 Å². The Hall–Kier alpha value is -3.94. The van der Waals surface area contributed by atoms with Gasteiger partial charge in [-0.15, -0.1) is 0 Å². The van der Waals surface area contributed by atoms with Crippen LogP contribution in [-0.2, 0) is 4.79 Å². The number of nitrogens with one attached hydrogen (secondary N) is 1. The van der Waals surface area contributed by atoms with Crippen molar-refractivity contribution in [2.45, 2.75) is 13.8 Å². The Balaban J connectivity index is 1.57. The number of nitro benzene ring substituents is 1. The van der Waals surface area contributed by atoms with Gasteiger partial charge in [-0.3, -0.25) is 14.9 Å². The van der Waals surface area contributed by atoms with Crippen molar-refractivity contribution in [2.75, 3.05) is 6.61 Å². The lowest BCUT2D eigenvalue weighted by atomic mass is 10.1. The topological polar surface area (TPSA) is 107 Å². The zero-order valence-electron chi connectivity index (χ0n) is 15.9. The van der Waals surface area contributed by atoms with Gasteiger partial charge in [0.2, 0.25) is 0 Å². The summed E-state index contributed by atoms with van der Waals surface area (Å²) in [5, 5.41) is 14.9. The number of hydrazone groups is 1. The summed E-state index contributed by atoms with van der Waals surface area (Å²) in [6.07, 6.45) is 1.31. The van der Waals surface area contributed by atoms with Gasteiger partial charge < -0.3 is 9.15 Å². The summed E-state index contributed by atoms with van der Waals surface area (Å²) in [5.74, 6) is 0.865. The Morgan fingerprint density at radius 3 is 2.62 bits per heavy atom. The number of para-hydroxylation sites is 1. The summed E-state index contributed by atoms with van der Waals surface area (Å²) >= 11 is 0. The molecule has 148 valence electrons. The molecule has 2 aromatic carbocycles. The number of nitrogens with zero attached hydrogens (tertiary/aromatic N) is 2. The van der Waals surface area contributed by atoms with Crippen LogP contribution in [0, 0.1) is 24.0 Å². The normalized spacial score (nSPS) is 10.8. The second kappa shape index (κ2) is 8.83. The number of ether oxygens (including phenoxy) is 1. The van der Waals surface area contributed by atoms with Crippen molar-refractivity contribution in [1.29, 1.82) is 0 Å². The second-order valence-electron chi connectivity index (χ2n) is 6.38. The Bertz CT molecular complexity index is 1050. The molecule has 0 bridgehead atoms. The lowest BCUT2D eigenvalue weighted by Gasteiger charge is -2.07. The highest BCUT2D eigenvalue weighted by Crippen LogP contribution is 2.30. The molecule has 1 N–H and O–H groups in total. The van der Waals surface area contributed by atoms with Gasteiger partial charge in [0.1, 0.15) is 17.3 Å². The Morgan fingerprint density at radius 1 is 1.17 bits per heavy atom. The van der Waals surface area contributed by atoms with Gasteiger partial charge in [0.05, 0.1) is 16.7 Å². The first kappa shape index (κ1) is 19.8. The van der Waals surface area contributed by atoms with Gasteiger partial charge in [-0.1, -0.05) is 18.2 Å². The highest BCUT2D eigenvalue weighted by atomic mass is 16.6. The van der Waals surface area contributed by atoms with Crippen molar-refractivity contribution < 1.29 is 18.9 Å². The number of amides is 1. The minimum Gasteiger partial charge on any atom is -0.484 e. The van der Waals surface area contributed by atoms with E-state index in [0.29, 0.717) is 22.8 Å². The average molecular weight is 393 g/mol. The third-order valence-corrected chi connectivity index (χ3v) is 3.94. The molecule has 3 rings (SSSR count). The lowest BCUT2D eigenvalue weighted by molar-refractivity contribution is -0.384. The van der Waals surface area contributed by atoms with Gasteiger partial charge in [0.15, 0.2) is 6.61 Å². The molecular formula is C21H19N3O5. The van der Waals surface area contributed by atoms with Gasteiger partial charge >= 0.3 is 0 Å². The van der Waals surface area contributed by atoms with E-state index in [1.165, 1.54) is 12.3 Å². The highest BCUT2D eigenvalue weighted by molar-refractivity contribution is 5.82. The van der Waals surface area contributed by atoms with E-state index >= 15 is 0 Å². The van der Waals surface area contributed by atoms with Gasteiger partial charge in [-0.05, 0) is 55.3 Å². The van der Waals surface area contributed by atoms with Crippen molar-refractivity contribution in [3.8, 4) is 17.1 Å². The molecule has 0 unspecified atom stereocenters. The summed E-state index contributed by atoms with van der Waals surface area (Å²) in [6.45, 7) is 3.72. The van der Waals surface area contributed by atoms with Gasteiger partial charge in [-0.2, -0.15) is 5.10 Å². The molecule has 0 atom stereocenters. The Kier molecular flexibility index (Phi) is 6.03. The van der Waals surface area contributed by atoms with Crippen molar-refractivity contribution in [3.63, 3.8) is 0 Å². The molecule has 0 spiro atoms. The maximum Gasteiger partial charge on any atom is 0.280 e. The predicted molar refractivity (Wildman–Crippen MR) is 108 cm³/mol. The fourth-order valence-corrected chi connectivity index (χ4v) is 2.77. The van der Waals surface area contributed by atoms with E-state index in [1.807, 2.05) is 32.0 Å². The molecule has 0 aliphatic heterocycles. The van der Waals surface area contributed by atoms with Crippen molar-refractivity contribution >= 4 is 17.8 Å². The zero-order chi connectivity index (χ0) is 20.8. The van der Waals surface area contributed by atoms with E-state index in [-0.39, 0.29) is 12.3 Å². The SMILES string of the molecule is Cc1cc(C)cc(OCC(=O)N/N=C\c2ccc(-c3ccccc3[N+](=O)[O-])o2)c1. The maximum atomic E-state index is 11.9. The van der Waals surface area contributed by atoms with Crippen LogP contribution in [0.5, 0.6) is 5.75 Å². The summed E-state index contributed by atoms with van der Waals surface area (Å²) in [7, 11) is 0. The largest absolute Gasteiger partial charge is 0.484 e. The van der Waals surface area contributed by atoms with Crippen molar-refractivity contribution in [1.82, 2.24) is 5.43 Å². The number of aryl methyl sites for hydroxylation is 2. The molecule has 0 aliphatic carbocycles. The number of furan rings is 1. The van der Waals surface area contributed by atoms with E-state index in [4.69, 9.17) is 9.15 Å². The van der Waals surface area contributed by atoms with Crippen LogP contribution >= 0.6 is 0 Å². The third kappa shape index (κ3) is 5.29. The van der Waals surface area contributed by atoms with Crippen molar-refractivity contribution in [3.05, 3.63) is 81.6 Å². The Morgan fingerprint density at radius 2 is 1.90 bits per heavy atom. The minimum absolute atomic E-state index is 0.0535. The van der Waals surface area contributed by atoms with Gasteiger partial charge in [0, 0.05) is 6.07 Å². The fraction of sp³-hybridized carbons (Fsp3) is 0.143. The van der Waals surface area contributed by atoms with E-state index in [1.54, 1.807) is 30.3 Å². The number of nitro groups is 1. The first-order valence-corrected chi connectivity index (χ1v) is 8.79. The van der Waals surface area contributed by atoms with Gasteiger partial charge in [0.25, 0.3) is 11.6 Å². The molecule has 0 radical (unpaired) electrons. The zero-order valence-corrected chi connectivity index (χ0v) is 15.9. The maximum absolute atomic E-state index is 11.9. The molecule has 1 amide bonds. The fourth-order valence-electron chi connectivity index (χ4n) is 2.77. The van der Waals surface area contributed by atoms with Crippen LogP contribution in [-0.4, -0.2) is 23.7 Å². The average Bonchev–Trinajstić information content (AvgIpc) is 3.14. The molecule has 1 aromatic heterocycles. The summed E-state index contributed by atoms with van der Waals surface area (Å²) in [4.78, 5) is 22.5. The molecule has 0 saturated carbocycles. The lowest BCUT2D eigenvalue weighted by Crippen LogP contribution is -2.24. The van der Waals surface area contributed by atoms with Crippen LogP contribution < -0.4 is 10.2 Å². The molecule has 0 fully saturated rings. The van der Waals surface area contributed by atoms with Crippen LogP contribution in [0.1, 0.15) is 16.9 Å². The quantitative estimate of drug-likeness (QED) is 0.371. The van der Waals surface area contributed by atoms with E-state index < -0.39 is 10.8 Å². The first-order valence-electron chi connectivity index (χ1n) is 8.79. The number of hydrogen-bond donors (Lipinski definition) is 1. The highest BCUT2D eigenvalue weighted by Gasteiger charge is 2.16. The van der Waals surface area contributed by atoms with Crippen LogP contribution in [0.3, 0.4) is 0 Å². The molecule has 8 heteroatoms. The number of rotatable bonds is 7. The molecule has 0 saturated heterocycles. The first-order chi connectivity index (χ1) is 13.9. The molecule has 8 nitrogen and oxygen atoms in total. The number of hydrogen-bond acceptors (Lipinski definition) is 6. The van der Waals surface area contributed by atoms with E-state index in [0.717, 1.165) is 11.1 Å². The molecule has 1 heterocycles. The number of carbonyl (C=O) groups excluding carboxylic acids is 1. The van der Waals surface area contributed by atoms with E-state index in [9.17, 15) is 14.9 Å². The second-order valence-corrected chi connectivity index (χ2v) is 6.38. The number of benzene rings is 2. The molecular weight excluding hydrogens is 374 g/mol. The molecule has 0 aliphatic rings. The standard InChI is InChI=1S/C21H19N3O5/c1-14-9-15(2)11-17(10-14)28-13-21(25)23-22-12-16-7-8-20(29-16)18-5-3-4-6-19(18)24(26)27/h3-12H,13H2,1-2H3,(H,23,25)/b22-12-. The minimum atomic E-state index is -0.471. The monoisotopic (exact) mass is 393 g/mol. The predicted octanol–water partition coefficient (Wildman–Crippen LogP) is 4.00. The number of carbonyl (C=O) groups is 1. The smallest absolute Gasteiger partial charge is 0.280 e. The van der Waals surface area contributed by atoms with Crippen LogP contribution in [0.25, 0.3) is 11.3 Å². The molecule has 3 aromatic rings. The van der Waals surface area contributed by atoms with Crippen LogP contribution in [0.4, 0.5) is 5.69 Å². The van der Waals surface area contributed by atoms with Crippen LogP contribution in [0.2, 0.25) is 0 Å². The summed E-state index contributed by atoms with van der Waals surface area (Å²) < 4.78 is 11.0. The molecule has 29 heavy (non-hydrogen) atoms. The third-order valence-electron chi connectivity index (χ3n) is 3.94. The summed E-state index contributed by atoms with van der Waals surface area (Å²) in [6, 6.07) is 15.2. The summed E-state index contributed by atoms with van der Waals surface area (Å²) in [5.41, 5.74) is 4.75.